The quantitative estimate of drug-likeness (QED) is 0.528. The molecule has 2 atom stereocenters. The highest BCUT2D eigenvalue weighted by Gasteiger charge is 2.45. The number of sulfonamides is 1. The molecule has 9 nitrogen and oxygen atoms in total. The van der Waals surface area contributed by atoms with E-state index in [0.717, 1.165) is 45.7 Å². The van der Waals surface area contributed by atoms with Gasteiger partial charge in [-0.05, 0) is 55.0 Å². The van der Waals surface area contributed by atoms with E-state index < -0.39 is 10.0 Å². The lowest BCUT2D eigenvalue weighted by molar-refractivity contribution is -0.117. The minimum absolute atomic E-state index is 0.0800. The fourth-order valence-corrected chi connectivity index (χ4v) is 6.57. The summed E-state index contributed by atoms with van der Waals surface area (Å²) in [6.07, 6.45) is 2.82. The van der Waals surface area contributed by atoms with Crippen LogP contribution in [0.2, 0.25) is 0 Å². The van der Waals surface area contributed by atoms with Crippen LogP contribution in [0.15, 0.2) is 41.8 Å². The number of morpholine rings is 1. The molecule has 0 bridgehead atoms. The van der Waals surface area contributed by atoms with Crippen molar-refractivity contribution < 1.29 is 22.7 Å². The van der Waals surface area contributed by atoms with E-state index in [9.17, 15) is 18.0 Å². The van der Waals surface area contributed by atoms with Crippen LogP contribution in [0.25, 0.3) is 0 Å². The maximum atomic E-state index is 13.1. The normalized spacial score (nSPS) is 26.0. The number of hydrogen-bond donors (Lipinski definition) is 2. The summed E-state index contributed by atoms with van der Waals surface area (Å²) in [5, 5.41) is 5.81. The van der Waals surface area contributed by atoms with E-state index in [1.807, 2.05) is 0 Å². The number of carbonyl (C=O) groups is 2. The summed E-state index contributed by atoms with van der Waals surface area (Å²) in [6.45, 7) is 8.84. The number of benzene rings is 1. The molecule has 10 heteroatoms. The van der Waals surface area contributed by atoms with Gasteiger partial charge in [-0.3, -0.25) is 14.5 Å². The smallest absolute Gasteiger partial charge is 0.251 e. The van der Waals surface area contributed by atoms with E-state index in [2.05, 4.69) is 22.1 Å². The van der Waals surface area contributed by atoms with E-state index in [1.165, 1.54) is 22.5 Å². The number of ether oxygens (including phenoxy) is 1. The molecule has 2 amide bonds. The largest absolute Gasteiger partial charge is 0.379 e. The Balaban J connectivity index is 1.29. The first-order chi connectivity index (χ1) is 15.9. The van der Waals surface area contributed by atoms with Gasteiger partial charge in [-0.2, -0.15) is 4.31 Å². The maximum absolute atomic E-state index is 13.1. The van der Waals surface area contributed by atoms with Crippen molar-refractivity contribution in [2.45, 2.75) is 23.8 Å². The van der Waals surface area contributed by atoms with Crippen LogP contribution in [0.5, 0.6) is 0 Å². The van der Waals surface area contributed by atoms with Crippen molar-refractivity contribution in [3.8, 4) is 0 Å². The second-order valence-electron chi connectivity index (χ2n) is 8.96. The van der Waals surface area contributed by atoms with Gasteiger partial charge in [0.05, 0.1) is 18.1 Å². The standard InChI is InChI=1S/C23H32N4O5S/c1-2-22(28)25-20-13-18-15-27(16-19(18)14-20)33(30,31)21-5-3-17(4-6-21)23(29)24-7-8-26-9-11-32-12-10-26/h2-6,18-20H,1,7-16H2,(H,24,29)(H,25,28). The van der Waals surface area contributed by atoms with Gasteiger partial charge in [-0.25, -0.2) is 8.42 Å². The average Bonchev–Trinajstić information content (AvgIpc) is 3.39. The lowest BCUT2D eigenvalue weighted by Crippen LogP contribution is -2.41. The van der Waals surface area contributed by atoms with Gasteiger partial charge in [0.25, 0.3) is 5.91 Å². The molecular formula is C23H32N4O5S. The molecule has 2 saturated heterocycles. The van der Waals surface area contributed by atoms with Crippen molar-refractivity contribution in [3.05, 3.63) is 42.5 Å². The first-order valence-corrected chi connectivity index (χ1v) is 12.9. The van der Waals surface area contributed by atoms with Crippen molar-refractivity contribution in [2.24, 2.45) is 11.8 Å². The number of amides is 2. The third-order valence-corrected chi connectivity index (χ3v) is 8.67. The topological polar surface area (TPSA) is 108 Å². The minimum Gasteiger partial charge on any atom is -0.379 e. The first-order valence-electron chi connectivity index (χ1n) is 11.5. The number of carbonyl (C=O) groups excluding carboxylic acids is 2. The summed E-state index contributed by atoms with van der Waals surface area (Å²) in [7, 11) is -3.62. The molecule has 0 spiro atoms. The number of nitrogens with zero attached hydrogens (tertiary/aromatic N) is 2. The third-order valence-electron chi connectivity index (χ3n) is 6.82. The summed E-state index contributed by atoms with van der Waals surface area (Å²) in [5.74, 6) is 0.0861. The SMILES string of the molecule is C=CC(=O)NC1CC2CN(S(=O)(=O)c3ccc(C(=O)NCCN4CCOCC4)cc3)CC2C1. The molecule has 3 fully saturated rings. The van der Waals surface area contributed by atoms with Crippen LogP contribution in [0, 0.1) is 11.8 Å². The Kier molecular flexibility index (Phi) is 7.48. The molecule has 4 rings (SSSR count). The van der Waals surface area contributed by atoms with E-state index >= 15 is 0 Å². The monoisotopic (exact) mass is 476 g/mol. The Morgan fingerprint density at radius 2 is 1.73 bits per heavy atom. The van der Waals surface area contributed by atoms with E-state index in [4.69, 9.17) is 4.74 Å². The number of rotatable bonds is 8. The molecule has 33 heavy (non-hydrogen) atoms. The van der Waals surface area contributed by atoms with Crippen LogP contribution in [-0.2, 0) is 19.6 Å². The summed E-state index contributed by atoms with van der Waals surface area (Å²) >= 11 is 0. The summed E-state index contributed by atoms with van der Waals surface area (Å²) in [6, 6.07) is 6.22. The highest BCUT2D eigenvalue weighted by atomic mass is 32.2. The zero-order valence-corrected chi connectivity index (χ0v) is 19.6. The fraction of sp³-hybridized carbons (Fsp3) is 0.565. The van der Waals surface area contributed by atoms with Crippen molar-refractivity contribution in [2.75, 3.05) is 52.5 Å². The number of hydrogen-bond acceptors (Lipinski definition) is 6. The third kappa shape index (κ3) is 5.63. The zero-order chi connectivity index (χ0) is 23.4. The van der Waals surface area contributed by atoms with Crippen molar-refractivity contribution in [3.63, 3.8) is 0 Å². The molecule has 0 radical (unpaired) electrons. The van der Waals surface area contributed by atoms with E-state index in [1.54, 1.807) is 12.1 Å². The molecule has 1 saturated carbocycles. The van der Waals surface area contributed by atoms with Crippen LogP contribution in [0.1, 0.15) is 23.2 Å². The average molecular weight is 477 g/mol. The Bertz CT molecular complexity index is 961. The molecule has 1 aromatic carbocycles. The van der Waals surface area contributed by atoms with E-state index in [-0.39, 0.29) is 34.6 Å². The molecule has 0 aromatic heterocycles. The zero-order valence-electron chi connectivity index (χ0n) is 18.7. The lowest BCUT2D eigenvalue weighted by Gasteiger charge is -2.26. The lowest BCUT2D eigenvalue weighted by atomic mass is 10.0. The first kappa shape index (κ1) is 23.9. The second-order valence-corrected chi connectivity index (χ2v) is 10.9. The predicted octanol–water partition coefficient (Wildman–Crippen LogP) is 0.450. The summed E-state index contributed by atoms with van der Waals surface area (Å²) < 4.78 is 33.1. The Morgan fingerprint density at radius 1 is 1.09 bits per heavy atom. The summed E-state index contributed by atoms with van der Waals surface area (Å²) in [4.78, 5) is 26.4. The molecule has 1 aromatic rings. The Labute approximate surface area is 195 Å². The minimum atomic E-state index is -3.62. The highest BCUT2D eigenvalue weighted by Crippen LogP contribution is 2.40. The molecule has 1 aliphatic carbocycles. The van der Waals surface area contributed by atoms with Crippen LogP contribution >= 0.6 is 0 Å². The second kappa shape index (κ2) is 10.3. The van der Waals surface area contributed by atoms with Crippen molar-refractivity contribution in [1.82, 2.24) is 19.8 Å². The van der Waals surface area contributed by atoms with Gasteiger partial charge in [0, 0.05) is 50.9 Å². The summed E-state index contributed by atoms with van der Waals surface area (Å²) in [5.41, 5.74) is 0.440. The van der Waals surface area contributed by atoms with Gasteiger partial charge >= 0.3 is 0 Å². The van der Waals surface area contributed by atoms with Gasteiger partial charge in [0.1, 0.15) is 0 Å². The van der Waals surface area contributed by atoms with Crippen molar-refractivity contribution in [1.29, 1.82) is 0 Å². The molecule has 2 unspecified atom stereocenters. The highest BCUT2D eigenvalue weighted by molar-refractivity contribution is 7.89. The van der Waals surface area contributed by atoms with Crippen molar-refractivity contribution >= 4 is 21.8 Å². The fourth-order valence-electron chi connectivity index (χ4n) is 5.01. The molecule has 180 valence electrons. The maximum Gasteiger partial charge on any atom is 0.251 e. The van der Waals surface area contributed by atoms with E-state index in [0.29, 0.717) is 25.2 Å². The molecule has 2 N–H and O–H groups in total. The van der Waals surface area contributed by atoms with Gasteiger partial charge in [-0.15, -0.1) is 0 Å². The Hall–Kier alpha value is -2.27. The predicted molar refractivity (Wildman–Crippen MR) is 123 cm³/mol. The number of nitrogens with one attached hydrogen (secondary N) is 2. The molecule has 2 heterocycles. The van der Waals surface area contributed by atoms with Crippen LogP contribution < -0.4 is 10.6 Å². The van der Waals surface area contributed by atoms with Gasteiger partial charge in [0.2, 0.25) is 15.9 Å². The molecule has 2 aliphatic heterocycles. The van der Waals surface area contributed by atoms with Crippen LogP contribution in [0.4, 0.5) is 0 Å². The van der Waals surface area contributed by atoms with Gasteiger partial charge in [-0.1, -0.05) is 6.58 Å². The van der Waals surface area contributed by atoms with Gasteiger partial charge in [0.15, 0.2) is 0 Å². The number of fused-ring (bicyclic) bond motifs is 1. The molecule has 3 aliphatic rings. The van der Waals surface area contributed by atoms with Crippen LogP contribution in [0.3, 0.4) is 0 Å². The molecular weight excluding hydrogens is 444 g/mol. The van der Waals surface area contributed by atoms with Crippen LogP contribution in [-0.4, -0.2) is 88.0 Å². The van der Waals surface area contributed by atoms with Gasteiger partial charge < -0.3 is 15.4 Å². The Morgan fingerprint density at radius 3 is 2.33 bits per heavy atom.